The van der Waals surface area contributed by atoms with E-state index in [9.17, 15) is 5.11 Å². The average molecular weight is 154 g/mol. The Balaban J connectivity index is 2.64. The molecule has 0 spiro atoms. The third-order valence-electron chi connectivity index (χ3n) is 2.57. The van der Waals surface area contributed by atoms with Crippen molar-refractivity contribution in [3.05, 3.63) is 11.8 Å². The molecule has 0 saturated carbocycles. The zero-order valence-electron chi connectivity index (χ0n) is 7.67. The molecule has 64 valence electrons. The summed E-state index contributed by atoms with van der Waals surface area (Å²) in [5.74, 6) is 2.20. The monoisotopic (exact) mass is 154 g/mol. The highest BCUT2D eigenvalue weighted by Crippen LogP contribution is 2.31. The molecule has 0 heterocycles. The van der Waals surface area contributed by atoms with Gasteiger partial charge in [-0.05, 0) is 30.8 Å². The maximum absolute atomic E-state index is 9.57. The third kappa shape index (κ3) is 1.98. The fraction of sp³-hybridized carbons (Fsp3) is 0.800. The molecule has 2 atom stereocenters. The van der Waals surface area contributed by atoms with E-state index in [0.29, 0.717) is 23.5 Å². The zero-order valence-corrected chi connectivity index (χ0v) is 7.67. The predicted molar refractivity (Wildman–Crippen MR) is 47.4 cm³/mol. The molecule has 0 fully saturated rings. The van der Waals surface area contributed by atoms with Gasteiger partial charge < -0.3 is 5.11 Å². The number of hydrogen-bond acceptors (Lipinski definition) is 1. The van der Waals surface area contributed by atoms with Gasteiger partial charge in [0.05, 0.1) is 5.76 Å². The summed E-state index contributed by atoms with van der Waals surface area (Å²) >= 11 is 0. The van der Waals surface area contributed by atoms with Gasteiger partial charge in [0.1, 0.15) is 0 Å². The van der Waals surface area contributed by atoms with Crippen molar-refractivity contribution in [2.45, 2.75) is 33.6 Å². The van der Waals surface area contributed by atoms with Crippen LogP contribution in [0.15, 0.2) is 11.8 Å². The minimum Gasteiger partial charge on any atom is -0.512 e. The van der Waals surface area contributed by atoms with Crippen LogP contribution in [0.25, 0.3) is 0 Å². The molecule has 0 bridgehead atoms. The minimum absolute atomic E-state index is 0.422. The van der Waals surface area contributed by atoms with E-state index in [0.717, 1.165) is 6.42 Å². The van der Waals surface area contributed by atoms with E-state index in [2.05, 4.69) is 20.8 Å². The first-order chi connectivity index (χ1) is 5.11. The van der Waals surface area contributed by atoms with Crippen LogP contribution in [0, 0.1) is 17.8 Å². The Bertz CT molecular complexity index is 158. The van der Waals surface area contributed by atoms with Crippen LogP contribution in [0.5, 0.6) is 0 Å². The first-order valence-electron chi connectivity index (χ1n) is 4.52. The van der Waals surface area contributed by atoms with Gasteiger partial charge in [-0.25, -0.2) is 0 Å². The molecule has 0 amide bonds. The molecule has 1 aliphatic carbocycles. The van der Waals surface area contributed by atoms with E-state index >= 15 is 0 Å². The normalized spacial score (nSPS) is 32.2. The Hall–Kier alpha value is -0.460. The van der Waals surface area contributed by atoms with Gasteiger partial charge in [0.25, 0.3) is 0 Å². The van der Waals surface area contributed by atoms with Gasteiger partial charge in [0, 0.05) is 5.92 Å². The highest BCUT2D eigenvalue weighted by atomic mass is 16.3. The summed E-state index contributed by atoms with van der Waals surface area (Å²) in [6.07, 6.45) is 4.39. The van der Waals surface area contributed by atoms with Crippen LogP contribution in [0.1, 0.15) is 33.6 Å². The van der Waals surface area contributed by atoms with Gasteiger partial charge in [-0.3, -0.25) is 0 Å². The molecule has 0 unspecified atom stereocenters. The van der Waals surface area contributed by atoms with Crippen molar-refractivity contribution in [2.75, 3.05) is 0 Å². The average Bonchev–Trinajstić information content (AvgIpc) is 1.85. The van der Waals surface area contributed by atoms with E-state index in [-0.39, 0.29) is 0 Å². The summed E-state index contributed by atoms with van der Waals surface area (Å²) in [6, 6.07) is 0. The maximum atomic E-state index is 9.57. The lowest BCUT2D eigenvalue weighted by molar-refractivity contribution is 0.239. The van der Waals surface area contributed by atoms with Crippen molar-refractivity contribution in [3.8, 4) is 0 Å². The second kappa shape index (κ2) is 3.29. The summed E-state index contributed by atoms with van der Waals surface area (Å²) in [5.41, 5.74) is 0. The lowest BCUT2D eigenvalue weighted by atomic mass is 9.81. The molecule has 1 aliphatic rings. The first-order valence-corrected chi connectivity index (χ1v) is 4.52. The van der Waals surface area contributed by atoms with E-state index in [1.807, 2.05) is 6.08 Å². The molecule has 0 saturated heterocycles. The molecule has 1 heteroatoms. The summed E-state index contributed by atoms with van der Waals surface area (Å²) in [4.78, 5) is 0. The number of aliphatic hydroxyl groups excluding tert-OH is 1. The molecular formula is C10H18O. The van der Waals surface area contributed by atoms with Gasteiger partial charge >= 0.3 is 0 Å². The lowest BCUT2D eigenvalue weighted by Gasteiger charge is -2.26. The number of aliphatic hydroxyl groups is 1. The molecule has 1 N–H and O–H groups in total. The smallest absolute Gasteiger partial charge is 0.0918 e. The predicted octanol–water partition coefficient (Wildman–Crippen LogP) is 3.13. The minimum atomic E-state index is 0.422. The largest absolute Gasteiger partial charge is 0.512 e. The number of rotatable bonds is 1. The Morgan fingerprint density at radius 3 is 2.55 bits per heavy atom. The molecule has 0 aromatic rings. The van der Waals surface area contributed by atoms with Crippen LogP contribution in [-0.4, -0.2) is 5.11 Å². The van der Waals surface area contributed by atoms with Crippen molar-refractivity contribution in [3.63, 3.8) is 0 Å². The van der Waals surface area contributed by atoms with Crippen LogP contribution >= 0.6 is 0 Å². The van der Waals surface area contributed by atoms with Crippen LogP contribution in [0.4, 0.5) is 0 Å². The highest BCUT2D eigenvalue weighted by Gasteiger charge is 2.22. The summed E-state index contributed by atoms with van der Waals surface area (Å²) in [7, 11) is 0. The lowest BCUT2D eigenvalue weighted by Crippen LogP contribution is -2.17. The van der Waals surface area contributed by atoms with Gasteiger partial charge in [0.15, 0.2) is 0 Å². The highest BCUT2D eigenvalue weighted by molar-refractivity contribution is 5.04. The van der Waals surface area contributed by atoms with E-state index in [1.54, 1.807) is 0 Å². The van der Waals surface area contributed by atoms with Gasteiger partial charge in [-0.15, -0.1) is 0 Å². The Kier molecular flexibility index (Phi) is 2.58. The van der Waals surface area contributed by atoms with Crippen LogP contribution in [0.3, 0.4) is 0 Å². The zero-order chi connectivity index (χ0) is 8.43. The maximum Gasteiger partial charge on any atom is 0.0918 e. The molecular weight excluding hydrogens is 136 g/mol. The third-order valence-corrected chi connectivity index (χ3v) is 2.57. The topological polar surface area (TPSA) is 20.2 Å². The quantitative estimate of drug-likeness (QED) is 0.615. The summed E-state index contributed by atoms with van der Waals surface area (Å²) in [5, 5.41) is 9.57. The second-order valence-electron chi connectivity index (χ2n) is 4.00. The van der Waals surface area contributed by atoms with Gasteiger partial charge in [0.2, 0.25) is 0 Å². The SMILES string of the molecule is CC(C)[C@H]1CC[C@H](C)C=C1O. The standard InChI is InChI=1S/C10H18O/c1-7(2)9-5-4-8(3)6-10(9)11/h6-9,11H,4-5H2,1-3H3/t8-,9+/m0/s1. The number of allylic oxidation sites excluding steroid dienone is 2. The fourth-order valence-electron chi connectivity index (χ4n) is 1.76. The van der Waals surface area contributed by atoms with E-state index in [4.69, 9.17) is 0 Å². The van der Waals surface area contributed by atoms with E-state index < -0.39 is 0 Å². The fourth-order valence-corrected chi connectivity index (χ4v) is 1.76. The molecule has 1 rings (SSSR count). The van der Waals surface area contributed by atoms with Crippen LogP contribution < -0.4 is 0 Å². The van der Waals surface area contributed by atoms with Crippen LogP contribution in [0.2, 0.25) is 0 Å². The summed E-state index contributed by atoms with van der Waals surface area (Å²) < 4.78 is 0. The van der Waals surface area contributed by atoms with Gasteiger partial charge in [-0.1, -0.05) is 20.8 Å². The first kappa shape index (κ1) is 8.63. The molecule has 1 nitrogen and oxygen atoms in total. The van der Waals surface area contributed by atoms with Crippen molar-refractivity contribution >= 4 is 0 Å². The molecule has 0 aromatic carbocycles. The second-order valence-corrected chi connectivity index (χ2v) is 4.00. The summed E-state index contributed by atoms with van der Waals surface area (Å²) in [6.45, 7) is 6.50. The Labute approximate surface area is 69.1 Å². The molecule has 0 aromatic heterocycles. The van der Waals surface area contributed by atoms with Crippen molar-refractivity contribution in [2.24, 2.45) is 17.8 Å². The van der Waals surface area contributed by atoms with Crippen molar-refractivity contribution in [1.82, 2.24) is 0 Å². The van der Waals surface area contributed by atoms with E-state index in [1.165, 1.54) is 6.42 Å². The molecule has 0 radical (unpaired) electrons. The van der Waals surface area contributed by atoms with Crippen molar-refractivity contribution in [1.29, 1.82) is 0 Å². The Morgan fingerprint density at radius 2 is 2.09 bits per heavy atom. The molecule has 0 aliphatic heterocycles. The Morgan fingerprint density at radius 1 is 1.45 bits per heavy atom. The van der Waals surface area contributed by atoms with Crippen molar-refractivity contribution < 1.29 is 5.11 Å². The molecule has 11 heavy (non-hydrogen) atoms. The van der Waals surface area contributed by atoms with Gasteiger partial charge in [-0.2, -0.15) is 0 Å². The number of hydrogen-bond donors (Lipinski definition) is 1. The van der Waals surface area contributed by atoms with Crippen LogP contribution in [-0.2, 0) is 0 Å².